The number of aromatic amines is 1. The van der Waals surface area contributed by atoms with Crippen LogP contribution in [0.25, 0.3) is 11.3 Å². The molecule has 0 amide bonds. The van der Waals surface area contributed by atoms with E-state index in [2.05, 4.69) is 10.2 Å². The van der Waals surface area contributed by atoms with Crippen LogP contribution in [0.2, 0.25) is 0 Å². The second kappa shape index (κ2) is 5.36. The van der Waals surface area contributed by atoms with E-state index in [1.165, 1.54) is 6.07 Å². The summed E-state index contributed by atoms with van der Waals surface area (Å²) < 4.78 is 0. The molecule has 1 heterocycles. The maximum Gasteiger partial charge on any atom is 0.353 e. The van der Waals surface area contributed by atoms with Crippen LogP contribution in [0, 0.1) is 0 Å². The maximum atomic E-state index is 10.9. The second-order valence-electron chi connectivity index (χ2n) is 5.02. The van der Waals surface area contributed by atoms with Crippen molar-refractivity contribution in [3.05, 3.63) is 35.0 Å². The first-order valence-electron chi connectivity index (χ1n) is 6.59. The summed E-state index contributed by atoms with van der Waals surface area (Å²) in [5, 5.41) is 25.9. The number of aromatic nitrogens is 2. The van der Waals surface area contributed by atoms with Gasteiger partial charge in [-0.1, -0.05) is 32.9 Å². The van der Waals surface area contributed by atoms with Gasteiger partial charge in [-0.15, -0.1) is 0 Å². The molecule has 106 valence electrons. The first kappa shape index (κ1) is 14.1. The van der Waals surface area contributed by atoms with Crippen molar-refractivity contribution in [3.63, 3.8) is 0 Å². The predicted molar refractivity (Wildman–Crippen MR) is 76.1 cm³/mol. The minimum absolute atomic E-state index is 0.0102. The highest BCUT2D eigenvalue weighted by Crippen LogP contribution is 2.38. The number of H-pyrrole nitrogens is 1. The third-order valence-electron chi connectivity index (χ3n) is 3.36. The Bertz CT molecular complexity index is 645. The maximum absolute atomic E-state index is 10.9. The number of nitrogens with one attached hydrogen (secondary N) is 1. The Hall–Kier alpha value is -2.30. The molecule has 5 nitrogen and oxygen atoms in total. The number of aromatic carboxylic acids is 1. The van der Waals surface area contributed by atoms with E-state index in [1.54, 1.807) is 0 Å². The van der Waals surface area contributed by atoms with Gasteiger partial charge >= 0.3 is 5.97 Å². The lowest BCUT2D eigenvalue weighted by Crippen LogP contribution is -1.96. The first-order chi connectivity index (χ1) is 9.45. The number of benzene rings is 1. The highest BCUT2D eigenvalue weighted by atomic mass is 16.4. The van der Waals surface area contributed by atoms with E-state index in [0.29, 0.717) is 17.7 Å². The van der Waals surface area contributed by atoms with E-state index in [4.69, 9.17) is 5.11 Å². The third-order valence-corrected chi connectivity index (χ3v) is 3.36. The van der Waals surface area contributed by atoms with Crippen LogP contribution in [0.15, 0.2) is 18.2 Å². The van der Waals surface area contributed by atoms with Gasteiger partial charge in [-0.05, 0) is 29.5 Å². The summed E-state index contributed by atoms with van der Waals surface area (Å²) in [6, 6.07) is 5.31. The number of hydrogen-bond donors (Lipinski definition) is 3. The van der Waals surface area contributed by atoms with Gasteiger partial charge in [0.25, 0.3) is 0 Å². The highest BCUT2D eigenvalue weighted by molar-refractivity contribution is 5.87. The Morgan fingerprint density at radius 3 is 2.60 bits per heavy atom. The fourth-order valence-corrected chi connectivity index (χ4v) is 2.24. The Labute approximate surface area is 117 Å². The Morgan fingerprint density at radius 1 is 1.40 bits per heavy atom. The minimum atomic E-state index is -1.07. The van der Waals surface area contributed by atoms with Crippen molar-refractivity contribution in [1.82, 2.24) is 10.2 Å². The SMILES string of the molecule is CCc1ccc(C(C)C)c(-c2cc(C(=O)O)[nH]n2)c1O. The topological polar surface area (TPSA) is 86.2 Å². The number of carboxylic acid groups (broad SMARTS) is 1. The molecule has 3 N–H and O–H groups in total. The second-order valence-corrected chi connectivity index (χ2v) is 5.02. The number of aryl methyl sites for hydroxylation is 1. The zero-order valence-corrected chi connectivity index (χ0v) is 11.8. The van der Waals surface area contributed by atoms with Crippen LogP contribution in [0.4, 0.5) is 0 Å². The summed E-state index contributed by atoms with van der Waals surface area (Å²) in [6.07, 6.45) is 0.702. The van der Waals surface area contributed by atoms with Gasteiger partial charge in [0.15, 0.2) is 0 Å². The van der Waals surface area contributed by atoms with Crippen LogP contribution >= 0.6 is 0 Å². The molecule has 5 heteroatoms. The van der Waals surface area contributed by atoms with Crippen molar-refractivity contribution in [1.29, 1.82) is 0 Å². The number of hydrogen-bond acceptors (Lipinski definition) is 3. The summed E-state index contributed by atoms with van der Waals surface area (Å²) in [5.74, 6) is -0.685. The highest BCUT2D eigenvalue weighted by Gasteiger charge is 2.19. The van der Waals surface area contributed by atoms with Gasteiger partial charge in [0.05, 0.1) is 5.69 Å². The molecule has 20 heavy (non-hydrogen) atoms. The molecule has 0 aliphatic heterocycles. The molecule has 1 aromatic heterocycles. The number of rotatable bonds is 4. The van der Waals surface area contributed by atoms with E-state index in [1.807, 2.05) is 32.9 Å². The molecule has 2 rings (SSSR count). The Kier molecular flexibility index (Phi) is 3.79. The van der Waals surface area contributed by atoms with Gasteiger partial charge in [0.1, 0.15) is 11.4 Å². The average Bonchev–Trinajstić information content (AvgIpc) is 2.87. The van der Waals surface area contributed by atoms with Gasteiger partial charge in [-0.3, -0.25) is 5.10 Å². The molecule has 0 atom stereocenters. The standard InChI is InChI=1S/C15H18N2O3/c1-4-9-5-6-10(8(2)3)13(14(9)18)11-7-12(15(19)20)17-16-11/h5-8,18H,4H2,1-3H3,(H,16,17)(H,19,20). The van der Waals surface area contributed by atoms with Crippen LogP contribution in [-0.2, 0) is 6.42 Å². The number of carboxylic acids is 1. The van der Waals surface area contributed by atoms with Crippen molar-refractivity contribution in [2.45, 2.75) is 33.1 Å². The van der Waals surface area contributed by atoms with Gasteiger partial charge < -0.3 is 10.2 Å². The minimum Gasteiger partial charge on any atom is -0.507 e. The quantitative estimate of drug-likeness (QED) is 0.799. The lowest BCUT2D eigenvalue weighted by molar-refractivity contribution is 0.0690. The van der Waals surface area contributed by atoms with Gasteiger partial charge in [-0.25, -0.2) is 4.79 Å². The molecular formula is C15H18N2O3. The van der Waals surface area contributed by atoms with Crippen molar-refractivity contribution < 1.29 is 15.0 Å². The lowest BCUT2D eigenvalue weighted by Gasteiger charge is -2.15. The zero-order chi connectivity index (χ0) is 14.9. The average molecular weight is 274 g/mol. The van der Waals surface area contributed by atoms with E-state index in [0.717, 1.165) is 11.1 Å². The third kappa shape index (κ3) is 2.39. The van der Waals surface area contributed by atoms with Crippen LogP contribution in [0.3, 0.4) is 0 Å². The summed E-state index contributed by atoms with van der Waals surface area (Å²) in [7, 11) is 0. The molecule has 0 saturated heterocycles. The fraction of sp³-hybridized carbons (Fsp3) is 0.333. The van der Waals surface area contributed by atoms with Crippen molar-refractivity contribution in [3.8, 4) is 17.0 Å². The summed E-state index contributed by atoms with van der Waals surface area (Å²) >= 11 is 0. The molecule has 0 bridgehead atoms. The Morgan fingerprint density at radius 2 is 2.10 bits per heavy atom. The lowest BCUT2D eigenvalue weighted by atomic mass is 9.91. The van der Waals surface area contributed by atoms with E-state index in [-0.39, 0.29) is 17.4 Å². The number of aromatic hydroxyl groups is 1. The monoisotopic (exact) mass is 274 g/mol. The molecule has 0 saturated carbocycles. The molecule has 0 spiro atoms. The molecule has 0 aliphatic carbocycles. The van der Waals surface area contributed by atoms with Gasteiger partial charge in [0, 0.05) is 5.56 Å². The molecule has 2 aromatic rings. The zero-order valence-electron chi connectivity index (χ0n) is 11.8. The van der Waals surface area contributed by atoms with Gasteiger partial charge in [0.2, 0.25) is 0 Å². The summed E-state index contributed by atoms with van der Waals surface area (Å²) in [6.45, 7) is 6.00. The normalized spacial score (nSPS) is 11.0. The summed E-state index contributed by atoms with van der Waals surface area (Å²) in [4.78, 5) is 10.9. The fourth-order valence-electron chi connectivity index (χ4n) is 2.24. The van der Waals surface area contributed by atoms with Crippen molar-refractivity contribution in [2.24, 2.45) is 0 Å². The van der Waals surface area contributed by atoms with E-state index in [9.17, 15) is 9.90 Å². The van der Waals surface area contributed by atoms with E-state index >= 15 is 0 Å². The largest absolute Gasteiger partial charge is 0.507 e. The number of phenolic OH excluding ortho intramolecular Hbond substituents is 1. The van der Waals surface area contributed by atoms with Crippen molar-refractivity contribution in [2.75, 3.05) is 0 Å². The number of nitrogens with zero attached hydrogens (tertiary/aromatic N) is 1. The first-order valence-corrected chi connectivity index (χ1v) is 6.59. The number of carbonyl (C=O) groups is 1. The summed E-state index contributed by atoms with van der Waals surface area (Å²) in [5.41, 5.74) is 2.85. The molecule has 0 fully saturated rings. The Balaban J connectivity index is 2.65. The van der Waals surface area contributed by atoms with Crippen LogP contribution in [0.5, 0.6) is 5.75 Å². The molecule has 1 aromatic carbocycles. The van der Waals surface area contributed by atoms with Crippen molar-refractivity contribution >= 4 is 5.97 Å². The molecule has 0 unspecified atom stereocenters. The van der Waals surface area contributed by atoms with Crippen LogP contribution in [-0.4, -0.2) is 26.4 Å². The van der Waals surface area contributed by atoms with Crippen LogP contribution < -0.4 is 0 Å². The van der Waals surface area contributed by atoms with E-state index < -0.39 is 5.97 Å². The van der Waals surface area contributed by atoms with Gasteiger partial charge in [-0.2, -0.15) is 5.10 Å². The predicted octanol–water partition coefficient (Wildman–Crippen LogP) is 3.17. The van der Waals surface area contributed by atoms with Crippen LogP contribution in [0.1, 0.15) is 48.3 Å². The number of phenols is 1. The molecule has 0 radical (unpaired) electrons. The molecule has 0 aliphatic rings. The smallest absolute Gasteiger partial charge is 0.353 e. The molecular weight excluding hydrogens is 256 g/mol.